The SMILES string of the molecule is CNC(C(=O)NC(C(=O)N(C)C(/C=C(\C)C(=O)NS(=O)(=O)c1ccccc1N)C(C)C)C(C)(C)C)C(C)(C)c1ccccc1. The minimum atomic E-state index is -4.22. The smallest absolute Gasteiger partial charge is 0.266 e. The lowest BCUT2D eigenvalue weighted by molar-refractivity contribution is -0.140. The van der Waals surface area contributed by atoms with E-state index in [0.717, 1.165) is 5.56 Å². The van der Waals surface area contributed by atoms with E-state index in [1.165, 1.54) is 30.0 Å². The third kappa shape index (κ3) is 8.69. The van der Waals surface area contributed by atoms with Crippen LogP contribution in [0.25, 0.3) is 0 Å². The molecule has 2 aromatic carbocycles. The highest BCUT2D eigenvalue weighted by Crippen LogP contribution is 2.29. The maximum atomic E-state index is 14.1. The van der Waals surface area contributed by atoms with E-state index < -0.39 is 44.9 Å². The van der Waals surface area contributed by atoms with Crippen LogP contribution in [0.2, 0.25) is 0 Å². The van der Waals surface area contributed by atoms with Gasteiger partial charge in [0, 0.05) is 18.0 Å². The number of anilines is 1. The number of nitrogens with one attached hydrogen (secondary N) is 3. The van der Waals surface area contributed by atoms with Gasteiger partial charge in [-0.2, -0.15) is 0 Å². The van der Waals surface area contributed by atoms with Crippen molar-refractivity contribution in [1.29, 1.82) is 0 Å². The molecule has 0 bridgehead atoms. The number of nitrogen functional groups attached to an aromatic ring is 1. The molecule has 242 valence electrons. The van der Waals surface area contributed by atoms with E-state index in [2.05, 4.69) is 15.4 Å². The number of likely N-dealkylation sites (N-methyl/N-ethyl adjacent to an activating group) is 2. The second-order valence-corrected chi connectivity index (χ2v) is 14.8. The predicted octanol–water partition coefficient (Wildman–Crippen LogP) is 3.60. The highest BCUT2D eigenvalue weighted by Gasteiger charge is 2.41. The number of nitrogens with two attached hydrogens (primary N) is 1. The molecule has 3 amide bonds. The molecule has 0 aliphatic rings. The molecule has 0 aromatic heterocycles. The van der Waals surface area contributed by atoms with Gasteiger partial charge >= 0.3 is 0 Å². The van der Waals surface area contributed by atoms with E-state index in [1.807, 2.05) is 78.8 Å². The number of hydrogen-bond acceptors (Lipinski definition) is 7. The average molecular weight is 628 g/mol. The van der Waals surface area contributed by atoms with Crippen molar-refractivity contribution in [3.8, 4) is 0 Å². The van der Waals surface area contributed by atoms with E-state index in [4.69, 9.17) is 5.73 Å². The Balaban J connectivity index is 2.34. The van der Waals surface area contributed by atoms with Gasteiger partial charge in [0.1, 0.15) is 10.9 Å². The highest BCUT2D eigenvalue weighted by molar-refractivity contribution is 7.90. The number of carbonyl (C=O) groups excluding carboxylic acids is 3. The molecule has 11 heteroatoms. The van der Waals surface area contributed by atoms with Gasteiger partial charge in [-0.3, -0.25) is 14.4 Å². The van der Waals surface area contributed by atoms with E-state index in [9.17, 15) is 22.8 Å². The van der Waals surface area contributed by atoms with Crippen molar-refractivity contribution in [3.63, 3.8) is 0 Å². The van der Waals surface area contributed by atoms with Gasteiger partial charge < -0.3 is 21.3 Å². The zero-order chi connectivity index (χ0) is 33.6. The Kier molecular flexibility index (Phi) is 11.9. The topological polar surface area (TPSA) is 151 Å². The first-order valence-corrected chi connectivity index (χ1v) is 16.1. The number of para-hydroxylation sites is 1. The molecule has 0 fully saturated rings. The Morgan fingerprint density at radius 1 is 0.909 bits per heavy atom. The van der Waals surface area contributed by atoms with Crippen LogP contribution in [0.5, 0.6) is 0 Å². The number of rotatable bonds is 12. The van der Waals surface area contributed by atoms with Crippen molar-refractivity contribution in [2.75, 3.05) is 19.8 Å². The summed E-state index contributed by atoms with van der Waals surface area (Å²) in [6.07, 6.45) is 1.57. The monoisotopic (exact) mass is 627 g/mol. The van der Waals surface area contributed by atoms with Crippen LogP contribution in [-0.4, -0.2) is 63.3 Å². The average Bonchev–Trinajstić information content (AvgIpc) is 2.93. The Hall–Kier alpha value is -3.70. The van der Waals surface area contributed by atoms with Crippen molar-refractivity contribution >= 4 is 33.4 Å². The molecule has 3 atom stereocenters. The second kappa shape index (κ2) is 14.4. The molecule has 0 saturated heterocycles. The molecular formula is C33H49N5O5S. The summed E-state index contributed by atoms with van der Waals surface area (Å²) in [5.41, 5.74) is 5.66. The number of hydrogen-bond donors (Lipinski definition) is 4. The number of amides is 3. The van der Waals surface area contributed by atoms with Gasteiger partial charge in [0.05, 0.1) is 17.8 Å². The van der Waals surface area contributed by atoms with E-state index in [1.54, 1.807) is 26.2 Å². The third-order valence-corrected chi connectivity index (χ3v) is 9.29. The lowest BCUT2D eigenvalue weighted by Gasteiger charge is -2.40. The first-order chi connectivity index (χ1) is 20.2. The summed E-state index contributed by atoms with van der Waals surface area (Å²) in [5, 5.41) is 6.14. The lowest BCUT2D eigenvalue weighted by atomic mass is 9.76. The molecule has 0 radical (unpaired) electrons. The summed E-state index contributed by atoms with van der Waals surface area (Å²) in [5.74, 6) is -1.64. The van der Waals surface area contributed by atoms with Gasteiger partial charge in [0.15, 0.2) is 0 Å². The molecular weight excluding hydrogens is 578 g/mol. The quantitative estimate of drug-likeness (QED) is 0.207. The fourth-order valence-corrected chi connectivity index (χ4v) is 6.30. The summed E-state index contributed by atoms with van der Waals surface area (Å²) >= 11 is 0. The van der Waals surface area contributed by atoms with Crippen LogP contribution in [0.3, 0.4) is 0 Å². The Bertz CT molecular complexity index is 1460. The van der Waals surface area contributed by atoms with Gasteiger partial charge in [0.2, 0.25) is 11.8 Å². The maximum absolute atomic E-state index is 14.1. The molecule has 0 aliphatic heterocycles. The van der Waals surface area contributed by atoms with Crippen molar-refractivity contribution in [2.24, 2.45) is 11.3 Å². The molecule has 0 aliphatic carbocycles. The molecule has 0 spiro atoms. The first-order valence-electron chi connectivity index (χ1n) is 14.7. The fourth-order valence-electron chi connectivity index (χ4n) is 5.14. The Morgan fingerprint density at radius 3 is 1.95 bits per heavy atom. The Morgan fingerprint density at radius 2 is 1.45 bits per heavy atom. The largest absolute Gasteiger partial charge is 0.398 e. The predicted molar refractivity (Wildman–Crippen MR) is 175 cm³/mol. The van der Waals surface area contributed by atoms with Crippen molar-refractivity contribution in [1.82, 2.24) is 20.3 Å². The second-order valence-electron chi connectivity index (χ2n) is 13.1. The van der Waals surface area contributed by atoms with Crippen LogP contribution in [0.1, 0.15) is 61.0 Å². The molecule has 5 N–H and O–H groups in total. The molecule has 44 heavy (non-hydrogen) atoms. The summed E-state index contributed by atoms with van der Waals surface area (Å²) in [7, 11) is -0.884. The van der Waals surface area contributed by atoms with Crippen LogP contribution in [0.4, 0.5) is 5.69 Å². The van der Waals surface area contributed by atoms with Crippen LogP contribution in [0.15, 0.2) is 71.1 Å². The Labute approximate surface area is 262 Å². The van der Waals surface area contributed by atoms with Crippen molar-refractivity contribution in [2.45, 2.75) is 83.8 Å². The molecule has 3 unspecified atom stereocenters. The first kappa shape index (κ1) is 36.5. The zero-order valence-electron chi connectivity index (χ0n) is 27.6. The lowest BCUT2D eigenvalue weighted by Crippen LogP contribution is -2.61. The van der Waals surface area contributed by atoms with E-state index >= 15 is 0 Å². The number of nitrogens with zero attached hydrogens (tertiary/aromatic N) is 1. The highest BCUT2D eigenvalue weighted by atomic mass is 32.2. The van der Waals surface area contributed by atoms with E-state index in [-0.39, 0.29) is 33.9 Å². The van der Waals surface area contributed by atoms with Crippen LogP contribution in [-0.2, 0) is 29.8 Å². The maximum Gasteiger partial charge on any atom is 0.266 e. The van der Waals surface area contributed by atoms with Gasteiger partial charge in [-0.05, 0) is 43.0 Å². The molecule has 2 aromatic rings. The van der Waals surface area contributed by atoms with Crippen molar-refractivity contribution < 1.29 is 22.8 Å². The molecule has 0 heterocycles. The minimum absolute atomic E-state index is 0.0164. The van der Waals surface area contributed by atoms with Gasteiger partial charge in [-0.1, -0.05) is 97.0 Å². The number of sulfonamides is 1. The third-order valence-electron chi connectivity index (χ3n) is 7.88. The van der Waals surface area contributed by atoms with Gasteiger partial charge in [-0.25, -0.2) is 13.1 Å². The minimum Gasteiger partial charge on any atom is -0.398 e. The number of benzene rings is 2. The summed E-state index contributed by atoms with van der Waals surface area (Å²) in [6, 6.07) is 13.4. The molecule has 0 saturated carbocycles. The van der Waals surface area contributed by atoms with Gasteiger partial charge in [-0.15, -0.1) is 0 Å². The van der Waals surface area contributed by atoms with E-state index in [0.29, 0.717) is 0 Å². The normalized spacial score (nSPS) is 14.8. The standard InChI is InChI=1S/C33H49N5O5S/c1-21(2)25(20-22(3)29(39)37-44(42,43)26-19-15-14-18-24(26)34)38(10)31(41)28(32(4,5)6)36-30(40)27(35-9)33(7,8)23-16-12-11-13-17-23/h11-21,25,27-28,35H,34H2,1-10H3,(H,36,40)(H,37,39)/b22-20+. The summed E-state index contributed by atoms with van der Waals surface area (Å²) in [6.45, 7) is 14.8. The summed E-state index contributed by atoms with van der Waals surface area (Å²) < 4.78 is 27.7. The van der Waals surface area contributed by atoms with Crippen molar-refractivity contribution in [3.05, 3.63) is 71.8 Å². The number of carbonyl (C=O) groups is 3. The summed E-state index contributed by atoms with van der Waals surface area (Å²) in [4.78, 5) is 42.1. The van der Waals surface area contributed by atoms with Crippen LogP contribution in [0, 0.1) is 11.3 Å². The van der Waals surface area contributed by atoms with Crippen LogP contribution < -0.4 is 21.1 Å². The van der Waals surface area contributed by atoms with Gasteiger partial charge in [0.25, 0.3) is 15.9 Å². The molecule has 2 rings (SSSR count). The zero-order valence-corrected chi connectivity index (χ0v) is 28.4. The molecule has 10 nitrogen and oxygen atoms in total. The van der Waals surface area contributed by atoms with Crippen LogP contribution >= 0.6 is 0 Å². The fraction of sp³-hybridized carbons (Fsp3) is 0.485.